The van der Waals surface area contributed by atoms with Crippen molar-refractivity contribution in [2.75, 3.05) is 0 Å². The van der Waals surface area contributed by atoms with Crippen molar-refractivity contribution < 1.29 is 0 Å². The molecule has 0 aliphatic carbocycles. The first-order valence-corrected chi connectivity index (χ1v) is 1.15. The summed E-state index contributed by atoms with van der Waals surface area (Å²) in [4.78, 5) is 0. The normalized spacial score (nSPS) is 4.00. The molecule has 0 rings (SSSR count). The van der Waals surface area contributed by atoms with Gasteiger partial charge in [0.1, 0.15) is 0 Å². The zero-order chi connectivity index (χ0) is 3.41. The summed E-state index contributed by atoms with van der Waals surface area (Å²) in [7, 11) is 0. The summed E-state index contributed by atoms with van der Waals surface area (Å²) in [5, 5.41) is 0. The molecule has 0 atom stereocenters. The summed E-state index contributed by atoms with van der Waals surface area (Å²) in [6.45, 7) is 6.72. The highest BCUT2D eigenvalue weighted by atomic mass is 13.4. The van der Waals surface area contributed by atoms with Gasteiger partial charge in [-0.3, -0.25) is 0 Å². The molecule has 0 aliphatic heterocycles. The number of rotatable bonds is 1. The lowest BCUT2D eigenvalue weighted by atomic mass is 10.6. The molecule has 0 fully saturated rings. The summed E-state index contributed by atoms with van der Waals surface area (Å²) >= 11 is 0. The fourth-order valence-corrected chi connectivity index (χ4v) is 0. The predicted octanol–water partition coefficient (Wildman–Crippen LogP) is 1.56. The van der Waals surface area contributed by atoms with Gasteiger partial charge in [0.15, 0.2) is 0 Å². The highest BCUT2D eigenvalue weighted by Crippen LogP contribution is 1.52. The van der Waals surface area contributed by atoms with Gasteiger partial charge in [-0.05, 0) is 7.43 Å². The molecule has 0 aromatic carbocycles. The molecule has 0 spiro atoms. The second-order valence-corrected chi connectivity index (χ2v) is 0.471. The molecule has 0 aliphatic rings. The largest absolute Gasteiger partial charge is 0.0991 e. The zero-order valence-electron chi connectivity index (χ0n) is 3.15. The Kier molecular flexibility index (Phi) is 17.2. The van der Waals surface area contributed by atoms with Gasteiger partial charge in [0.2, 0.25) is 0 Å². The van der Waals surface area contributed by atoms with Crippen molar-refractivity contribution in [2.24, 2.45) is 0 Å². The van der Waals surface area contributed by atoms with E-state index in [9.17, 15) is 0 Å². The summed E-state index contributed by atoms with van der Waals surface area (Å²) < 4.78 is 0. The second-order valence-electron chi connectivity index (χ2n) is 0.471. The first-order chi connectivity index (χ1) is 1.91. The zero-order valence-corrected chi connectivity index (χ0v) is 3.15. The number of hydrogen-bond acceptors (Lipinski definition) is 0. The lowest BCUT2D eigenvalue weighted by Gasteiger charge is -1.44. The predicted molar refractivity (Wildman–Crippen MR) is 24.7 cm³/mol. The van der Waals surface area contributed by atoms with Crippen molar-refractivity contribution in [3.63, 3.8) is 0 Å². The number of hydrogen-bond donors (Lipinski definition) is 0. The highest BCUT2D eigenvalue weighted by molar-refractivity contribution is 4.88. The first-order valence-electron chi connectivity index (χ1n) is 1.15. The molecule has 0 amide bonds. The Morgan fingerprint density at radius 1 is 1.00 bits per heavy atom. The standard InChI is InChI=1S/C4H6.CH/c1-3-4-2;/h3-4H,1-2H2;1H. The smallest absolute Gasteiger partial charge is 0.0312 e. The summed E-state index contributed by atoms with van der Waals surface area (Å²) in [5.41, 5.74) is 0. The minimum Gasteiger partial charge on any atom is -0.0991 e. The van der Waals surface area contributed by atoms with Crippen LogP contribution in [0.15, 0.2) is 25.3 Å². The Hall–Kier alpha value is -0.520. The van der Waals surface area contributed by atoms with Crippen LogP contribution in [0.1, 0.15) is 0 Å². The van der Waals surface area contributed by atoms with Crippen molar-refractivity contribution in [1.29, 1.82) is 0 Å². The maximum absolute atomic E-state index is 3.36. The van der Waals surface area contributed by atoms with Crippen molar-refractivity contribution >= 4 is 0 Å². The van der Waals surface area contributed by atoms with E-state index in [4.69, 9.17) is 0 Å². The van der Waals surface area contributed by atoms with Crippen LogP contribution in [0.25, 0.3) is 0 Å². The van der Waals surface area contributed by atoms with Crippen LogP contribution in [0.3, 0.4) is 0 Å². The van der Waals surface area contributed by atoms with Crippen LogP contribution in [0.5, 0.6) is 0 Å². The lowest BCUT2D eigenvalue weighted by molar-refractivity contribution is 2.15. The highest BCUT2D eigenvalue weighted by Gasteiger charge is 1.29. The third-order valence-corrected chi connectivity index (χ3v) is 0.167. The molecule has 0 bridgehead atoms. The van der Waals surface area contributed by atoms with Gasteiger partial charge in [-0.15, -0.1) is 0 Å². The van der Waals surface area contributed by atoms with Gasteiger partial charge >= 0.3 is 0 Å². The molecule has 0 saturated heterocycles. The molecule has 5 heavy (non-hydrogen) atoms. The maximum atomic E-state index is 3.36. The van der Waals surface area contributed by atoms with Crippen LogP contribution in [-0.2, 0) is 0 Å². The fourth-order valence-electron chi connectivity index (χ4n) is 0. The van der Waals surface area contributed by atoms with E-state index in [-0.39, 0.29) is 7.43 Å². The monoisotopic (exact) mass is 67.1 g/mol. The van der Waals surface area contributed by atoms with Crippen molar-refractivity contribution in [3.8, 4) is 0 Å². The van der Waals surface area contributed by atoms with Crippen LogP contribution in [0, 0.1) is 7.43 Å². The van der Waals surface area contributed by atoms with Gasteiger partial charge < -0.3 is 0 Å². The minimum atomic E-state index is 0. The average Bonchev–Trinajstić information content (AvgIpc) is 1.37. The Morgan fingerprint density at radius 2 is 1.20 bits per heavy atom. The van der Waals surface area contributed by atoms with Gasteiger partial charge in [-0.1, -0.05) is 25.3 Å². The van der Waals surface area contributed by atoms with E-state index in [2.05, 4.69) is 13.2 Å². The van der Waals surface area contributed by atoms with Gasteiger partial charge in [0.05, 0.1) is 0 Å². The van der Waals surface area contributed by atoms with Crippen LogP contribution in [-0.4, -0.2) is 0 Å². The van der Waals surface area contributed by atoms with Gasteiger partial charge in [-0.25, -0.2) is 0 Å². The molecular formula is C5H7. The molecule has 0 N–H and O–H groups in total. The van der Waals surface area contributed by atoms with E-state index in [1.54, 1.807) is 12.2 Å². The Labute approximate surface area is 33.8 Å². The molecule has 0 saturated carbocycles. The molecule has 0 aromatic rings. The van der Waals surface area contributed by atoms with Crippen molar-refractivity contribution in [2.45, 2.75) is 0 Å². The molecule has 27 valence electrons. The Balaban J connectivity index is 0. The third-order valence-electron chi connectivity index (χ3n) is 0.167. The second kappa shape index (κ2) is 9.77. The molecule has 0 heteroatoms. The first kappa shape index (κ1) is 8.82. The topological polar surface area (TPSA) is 0 Å². The van der Waals surface area contributed by atoms with E-state index in [0.717, 1.165) is 0 Å². The van der Waals surface area contributed by atoms with E-state index < -0.39 is 0 Å². The fraction of sp³-hybridized carbons (Fsp3) is 0. The van der Waals surface area contributed by atoms with E-state index in [0.29, 0.717) is 0 Å². The van der Waals surface area contributed by atoms with Crippen LogP contribution >= 0.6 is 0 Å². The molecule has 3 radical (unpaired) electrons. The third kappa shape index (κ3) is 33.1. The maximum Gasteiger partial charge on any atom is -0.0312 e. The van der Waals surface area contributed by atoms with Gasteiger partial charge in [0.25, 0.3) is 0 Å². The SMILES string of the molecule is C=CC=C.[CH]. The van der Waals surface area contributed by atoms with Crippen molar-refractivity contribution in [3.05, 3.63) is 32.7 Å². The molecule has 0 nitrogen and oxygen atoms in total. The van der Waals surface area contributed by atoms with Crippen LogP contribution in [0.2, 0.25) is 0 Å². The lowest BCUT2D eigenvalue weighted by Crippen LogP contribution is -1.21. The molecule has 0 unspecified atom stereocenters. The molecular weight excluding hydrogens is 60.1 g/mol. The molecule has 0 aromatic heterocycles. The van der Waals surface area contributed by atoms with Gasteiger partial charge in [0, 0.05) is 0 Å². The summed E-state index contributed by atoms with van der Waals surface area (Å²) in [6, 6.07) is 0. The van der Waals surface area contributed by atoms with E-state index >= 15 is 0 Å². The van der Waals surface area contributed by atoms with Crippen LogP contribution < -0.4 is 0 Å². The summed E-state index contributed by atoms with van der Waals surface area (Å²) in [6.07, 6.45) is 3.28. The van der Waals surface area contributed by atoms with Crippen LogP contribution in [0.4, 0.5) is 0 Å². The quantitative estimate of drug-likeness (QED) is 0.408. The van der Waals surface area contributed by atoms with E-state index in [1.165, 1.54) is 0 Å². The van der Waals surface area contributed by atoms with Crippen molar-refractivity contribution in [1.82, 2.24) is 0 Å². The van der Waals surface area contributed by atoms with E-state index in [1.807, 2.05) is 0 Å². The van der Waals surface area contributed by atoms with Gasteiger partial charge in [-0.2, -0.15) is 0 Å². The molecule has 0 heterocycles. The number of allylic oxidation sites excluding steroid dienone is 2. The summed E-state index contributed by atoms with van der Waals surface area (Å²) in [5.74, 6) is 0. The minimum absolute atomic E-state index is 0. The average molecular weight is 67.1 g/mol. The Morgan fingerprint density at radius 3 is 1.20 bits per heavy atom. The Bertz CT molecular complexity index is 21.0.